The maximum Gasteiger partial charge on any atom is 0.151 e. The fourth-order valence-corrected chi connectivity index (χ4v) is 3.04. The van der Waals surface area contributed by atoms with Gasteiger partial charge in [0, 0.05) is 12.3 Å². The predicted octanol–water partition coefficient (Wildman–Crippen LogP) is 3.11. The van der Waals surface area contributed by atoms with Crippen LogP contribution in [-0.4, -0.2) is 26.5 Å². The summed E-state index contributed by atoms with van der Waals surface area (Å²) in [4.78, 5) is 0. The third kappa shape index (κ3) is 4.91. The van der Waals surface area contributed by atoms with Gasteiger partial charge >= 0.3 is 0 Å². The molecule has 0 amide bonds. The smallest absolute Gasteiger partial charge is 0.151 e. The minimum absolute atomic E-state index is 0.143. The summed E-state index contributed by atoms with van der Waals surface area (Å²) in [6.45, 7) is 6.71. The molecule has 3 nitrogen and oxygen atoms in total. The van der Waals surface area contributed by atoms with E-state index in [1.807, 2.05) is 6.92 Å². The predicted molar refractivity (Wildman–Crippen MR) is 85.8 cm³/mol. The summed E-state index contributed by atoms with van der Waals surface area (Å²) in [5.74, 6) is 0. The number of benzene rings is 1. The molecule has 0 aliphatic carbocycles. The molecule has 0 saturated heterocycles. The Morgan fingerprint density at radius 3 is 2.20 bits per heavy atom. The van der Waals surface area contributed by atoms with E-state index in [1.54, 1.807) is 6.92 Å². The van der Waals surface area contributed by atoms with Gasteiger partial charge in [0.1, 0.15) is 0 Å². The number of unbranched alkanes of at least 4 members (excludes halogenated alkanes) is 1. The Hall–Kier alpha value is -0.870. The molecular formula is C16H27NO2S. The average Bonchev–Trinajstić information content (AvgIpc) is 2.41. The molecule has 1 aromatic rings. The van der Waals surface area contributed by atoms with Crippen LogP contribution >= 0.6 is 0 Å². The minimum Gasteiger partial charge on any atom is -0.309 e. The Kier molecular flexibility index (Phi) is 6.69. The molecule has 0 aliphatic heterocycles. The molecule has 114 valence electrons. The van der Waals surface area contributed by atoms with Gasteiger partial charge in [0.05, 0.1) is 5.25 Å². The Labute approximate surface area is 123 Å². The molecule has 20 heavy (non-hydrogen) atoms. The maximum absolute atomic E-state index is 11.8. The van der Waals surface area contributed by atoms with Crippen molar-refractivity contribution >= 4 is 9.84 Å². The Balaban J connectivity index is 2.92. The van der Waals surface area contributed by atoms with Crippen molar-refractivity contribution < 1.29 is 8.42 Å². The molecule has 0 radical (unpaired) electrons. The summed E-state index contributed by atoms with van der Waals surface area (Å²) in [5, 5.41) is 2.86. The summed E-state index contributed by atoms with van der Waals surface area (Å²) in [6, 6.07) is 8.20. The van der Waals surface area contributed by atoms with E-state index in [9.17, 15) is 8.42 Å². The number of aryl methyl sites for hydroxylation is 1. The van der Waals surface area contributed by atoms with Crippen molar-refractivity contribution in [3.05, 3.63) is 35.4 Å². The molecular weight excluding hydrogens is 270 g/mol. The zero-order valence-electron chi connectivity index (χ0n) is 13.0. The lowest BCUT2D eigenvalue weighted by molar-refractivity contribution is 0.513. The van der Waals surface area contributed by atoms with E-state index in [2.05, 4.69) is 36.5 Å². The van der Waals surface area contributed by atoms with Crippen LogP contribution in [-0.2, 0) is 16.3 Å². The van der Waals surface area contributed by atoms with Crippen molar-refractivity contribution in [2.24, 2.45) is 0 Å². The highest BCUT2D eigenvalue weighted by atomic mass is 32.2. The third-order valence-corrected chi connectivity index (χ3v) is 5.35. The number of nitrogens with one attached hydrogen (secondary N) is 1. The van der Waals surface area contributed by atoms with E-state index in [1.165, 1.54) is 24.7 Å². The molecule has 2 atom stereocenters. The van der Waals surface area contributed by atoms with Crippen molar-refractivity contribution in [2.45, 2.75) is 51.3 Å². The van der Waals surface area contributed by atoms with Crippen molar-refractivity contribution in [3.63, 3.8) is 0 Å². The second-order valence-electron chi connectivity index (χ2n) is 5.42. The lowest BCUT2D eigenvalue weighted by atomic mass is 10.0. The minimum atomic E-state index is -3.06. The fourth-order valence-electron chi connectivity index (χ4n) is 2.29. The van der Waals surface area contributed by atoms with Crippen LogP contribution < -0.4 is 5.32 Å². The Morgan fingerprint density at radius 1 is 1.15 bits per heavy atom. The zero-order valence-corrected chi connectivity index (χ0v) is 13.8. The van der Waals surface area contributed by atoms with Crippen LogP contribution in [0.5, 0.6) is 0 Å². The number of rotatable bonds is 8. The normalized spacial score (nSPS) is 15.0. The van der Waals surface area contributed by atoms with Crippen LogP contribution in [0.4, 0.5) is 0 Å². The highest BCUT2D eigenvalue weighted by Crippen LogP contribution is 2.22. The van der Waals surface area contributed by atoms with Crippen molar-refractivity contribution in [1.82, 2.24) is 5.32 Å². The first-order chi connectivity index (χ1) is 9.40. The number of hydrogen-bond donors (Lipinski definition) is 1. The van der Waals surface area contributed by atoms with Crippen LogP contribution in [0.15, 0.2) is 24.3 Å². The van der Waals surface area contributed by atoms with Gasteiger partial charge in [0.25, 0.3) is 0 Å². The first kappa shape index (κ1) is 17.2. The van der Waals surface area contributed by atoms with Gasteiger partial charge in [-0.15, -0.1) is 0 Å². The van der Waals surface area contributed by atoms with E-state index in [-0.39, 0.29) is 6.04 Å². The third-order valence-electron chi connectivity index (χ3n) is 3.73. The summed E-state index contributed by atoms with van der Waals surface area (Å²) >= 11 is 0. The van der Waals surface area contributed by atoms with Gasteiger partial charge in [-0.3, -0.25) is 0 Å². The Morgan fingerprint density at radius 2 is 1.75 bits per heavy atom. The molecule has 0 spiro atoms. The van der Waals surface area contributed by atoms with Gasteiger partial charge < -0.3 is 5.32 Å². The SMILES string of the molecule is CCCCc1ccc(C(NCC)C(C)S(C)(=O)=O)cc1. The van der Waals surface area contributed by atoms with Gasteiger partial charge in [-0.2, -0.15) is 0 Å². The molecule has 0 heterocycles. The van der Waals surface area contributed by atoms with Gasteiger partial charge in [-0.25, -0.2) is 8.42 Å². The monoisotopic (exact) mass is 297 g/mol. The second-order valence-corrected chi connectivity index (χ2v) is 7.82. The molecule has 0 bridgehead atoms. The van der Waals surface area contributed by atoms with E-state index in [4.69, 9.17) is 0 Å². The molecule has 0 saturated carbocycles. The molecule has 4 heteroatoms. The lowest BCUT2D eigenvalue weighted by Crippen LogP contribution is -2.34. The summed E-state index contributed by atoms with van der Waals surface area (Å²) < 4.78 is 23.6. The van der Waals surface area contributed by atoms with Gasteiger partial charge in [-0.05, 0) is 37.4 Å². The van der Waals surface area contributed by atoms with Gasteiger partial charge in [0.2, 0.25) is 0 Å². The van der Waals surface area contributed by atoms with Crippen LogP contribution in [0.2, 0.25) is 0 Å². The van der Waals surface area contributed by atoms with E-state index in [0.29, 0.717) is 0 Å². The van der Waals surface area contributed by atoms with Crippen molar-refractivity contribution in [3.8, 4) is 0 Å². The fraction of sp³-hybridized carbons (Fsp3) is 0.625. The lowest BCUT2D eigenvalue weighted by Gasteiger charge is -2.24. The molecule has 0 aliphatic rings. The van der Waals surface area contributed by atoms with Gasteiger partial charge in [0.15, 0.2) is 9.84 Å². The first-order valence-electron chi connectivity index (χ1n) is 7.41. The molecule has 1 aromatic carbocycles. The highest BCUT2D eigenvalue weighted by molar-refractivity contribution is 7.91. The van der Waals surface area contributed by atoms with Crippen molar-refractivity contribution in [1.29, 1.82) is 0 Å². The van der Waals surface area contributed by atoms with E-state index in [0.717, 1.165) is 18.5 Å². The Bertz CT molecular complexity index is 494. The number of hydrogen-bond acceptors (Lipinski definition) is 3. The molecule has 0 fully saturated rings. The van der Waals surface area contributed by atoms with E-state index < -0.39 is 15.1 Å². The van der Waals surface area contributed by atoms with Crippen LogP contribution in [0.3, 0.4) is 0 Å². The van der Waals surface area contributed by atoms with Gasteiger partial charge in [-0.1, -0.05) is 44.5 Å². The quantitative estimate of drug-likeness (QED) is 0.802. The highest BCUT2D eigenvalue weighted by Gasteiger charge is 2.26. The maximum atomic E-state index is 11.8. The van der Waals surface area contributed by atoms with Crippen molar-refractivity contribution in [2.75, 3.05) is 12.8 Å². The van der Waals surface area contributed by atoms with E-state index >= 15 is 0 Å². The molecule has 1 rings (SSSR count). The molecule has 2 unspecified atom stereocenters. The largest absolute Gasteiger partial charge is 0.309 e. The standard InChI is InChI=1S/C16H27NO2S/c1-5-7-8-14-9-11-15(12-10-14)16(17-6-2)13(3)20(4,18)19/h9-13,16-17H,5-8H2,1-4H3. The number of sulfone groups is 1. The first-order valence-corrected chi connectivity index (χ1v) is 9.36. The van der Waals surface area contributed by atoms with Crippen LogP contribution in [0, 0.1) is 0 Å². The zero-order chi connectivity index (χ0) is 15.2. The molecule has 1 N–H and O–H groups in total. The summed E-state index contributed by atoms with van der Waals surface area (Å²) in [6.07, 6.45) is 4.77. The molecule has 0 aromatic heterocycles. The summed E-state index contributed by atoms with van der Waals surface area (Å²) in [5.41, 5.74) is 2.36. The van der Waals surface area contributed by atoms with Crippen LogP contribution in [0.1, 0.15) is 50.8 Å². The summed E-state index contributed by atoms with van der Waals surface area (Å²) in [7, 11) is -3.06. The second kappa shape index (κ2) is 7.79. The topological polar surface area (TPSA) is 46.2 Å². The van der Waals surface area contributed by atoms with Crippen LogP contribution in [0.25, 0.3) is 0 Å². The average molecular weight is 297 g/mol.